The number of nitriles is 1. The van der Waals surface area contributed by atoms with E-state index in [2.05, 4.69) is 25.7 Å². The zero-order chi connectivity index (χ0) is 25.1. The first-order valence-corrected chi connectivity index (χ1v) is 11.1. The monoisotopic (exact) mass is 498 g/mol. The molecular formula is C22H23ClN8O4. The van der Waals surface area contributed by atoms with E-state index >= 15 is 0 Å². The van der Waals surface area contributed by atoms with Crippen LogP contribution in [-0.4, -0.2) is 62.7 Å². The Kier molecular flexibility index (Phi) is 6.99. The number of carbonyl (C=O) groups is 2. The highest BCUT2D eigenvalue weighted by molar-refractivity contribution is 6.29. The molecule has 0 aromatic carbocycles. The maximum Gasteiger partial charge on any atom is 0.323 e. The molecule has 1 aliphatic rings. The van der Waals surface area contributed by atoms with Gasteiger partial charge in [0.2, 0.25) is 11.8 Å². The Labute approximate surface area is 205 Å². The fraction of sp³-hybridized carbons (Fsp3) is 0.364. The first-order chi connectivity index (χ1) is 16.8. The summed E-state index contributed by atoms with van der Waals surface area (Å²) in [7, 11) is 1.40. The summed E-state index contributed by atoms with van der Waals surface area (Å²) < 4.78 is 12.8. The molecule has 1 saturated heterocycles. The Morgan fingerprint density at radius 2 is 2.09 bits per heavy atom. The Morgan fingerprint density at radius 3 is 2.77 bits per heavy atom. The fourth-order valence-electron chi connectivity index (χ4n) is 3.94. The van der Waals surface area contributed by atoms with Crippen molar-refractivity contribution in [3.8, 4) is 11.9 Å². The molecule has 1 aliphatic heterocycles. The number of hydrogen-bond acceptors (Lipinski definition) is 8. The molecule has 4 heterocycles. The Bertz CT molecular complexity index is 1320. The van der Waals surface area contributed by atoms with Crippen LogP contribution in [0.15, 0.2) is 24.5 Å². The summed E-state index contributed by atoms with van der Waals surface area (Å²) in [5, 5.41) is 19.2. The molecule has 3 aromatic heterocycles. The van der Waals surface area contributed by atoms with E-state index in [4.69, 9.17) is 21.1 Å². The number of nitrogens with zero attached hydrogens (tertiary/aromatic N) is 6. The first kappa shape index (κ1) is 24.2. The summed E-state index contributed by atoms with van der Waals surface area (Å²) in [6, 6.07) is 4.43. The second-order valence-electron chi connectivity index (χ2n) is 7.92. The average molecular weight is 499 g/mol. The minimum Gasteiger partial charge on any atom is -0.480 e. The van der Waals surface area contributed by atoms with Crippen LogP contribution in [0.25, 0.3) is 5.65 Å². The lowest BCUT2D eigenvalue weighted by molar-refractivity contribution is -0.128. The lowest BCUT2D eigenvalue weighted by Gasteiger charge is -2.22. The van der Waals surface area contributed by atoms with Crippen LogP contribution in [0.1, 0.15) is 37.6 Å². The largest absolute Gasteiger partial charge is 0.480 e. The van der Waals surface area contributed by atoms with Gasteiger partial charge in [-0.05, 0) is 19.4 Å². The van der Waals surface area contributed by atoms with Crippen molar-refractivity contribution in [2.75, 3.05) is 30.8 Å². The number of anilines is 2. The predicted octanol–water partition coefficient (Wildman–Crippen LogP) is 3.00. The van der Waals surface area contributed by atoms with Crippen LogP contribution in [0, 0.1) is 11.3 Å². The third kappa shape index (κ3) is 5.26. The van der Waals surface area contributed by atoms with Gasteiger partial charge in [-0.2, -0.15) is 10.4 Å². The van der Waals surface area contributed by atoms with Crippen LogP contribution in [-0.2, 0) is 9.53 Å². The van der Waals surface area contributed by atoms with Crippen LogP contribution in [0.4, 0.5) is 16.2 Å². The van der Waals surface area contributed by atoms with Gasteiger partial charge in [0.15, 0.2) is 10.8 Å². The van der Waals surface area contributed by atoms with Crippen molar-refractivity contribution in [1.29, 1.82) is 5.26 Å². The smallest absolute Gasteiger partial charge is 0.323 e. The molecule has 0 bridgehead atoms. The highest BCUT2D eigenvalue weighted by Gasteiger charge is 2.29. The number of ether oxygens (including phenoxy) is 2. The molecule has 0 spiro atoms. The molecular weight excluding hydrogens is 476 g/mol. The number of methoxy groups -OCH3 is 1. The van der Waals surface area contributed by atoms with Crippen molar-refractivity contribution >= 4 is 40.6 Å². The van der Waals surface area contributed by atoms with Gasteiger partial charge in [-0.3, -0.25) is 4.79 Å². The number of carbonyl (C=O) groups excluding carboxylic acids is 2. The second-order valence-corrected chi connectivity index (χ2v) is 8.31. The number of rotatable bonds is 6. The third-order valence-corrected chi connectivity index (χ3v) is 5.72. The van der Waals surface area contributed by atoms with E-state index in [9.17, 15) is 14.9 Å². The lowest BCUT2D eigenvalue weighted by atomic mass is 10.2. The van der Waals surface area contributed by atoms with Gasteiger partial charge in [0.05, 0.1) is 48.8 Å². The van der Waals surface area contributed by atoms with Crippen molar-refractivity contribution in [1.82, 2.24) is 24.5 Å². The van der Waals surface area contributed by atoms with Crippen molar-refractivity contribution in [3.63, 3.8) is 0 Å². The number of nitrogens with one attached hydrogen (secondary N) is 2. The molecule has 35 heavy (non-hydrogen) atoms. The number of fused-ring (bicyclic) bond motifs is 1. The third-order valence-electron chi connectivity index (χ3n) is 5.53. The zero-order valence-electron chi connectivity index (χ0n) is 19.3. The van der Waals surface area contributed by atoms with E-state index in [1.54, 1.807) is 11.0 Å². The van der Waals surface area contributed by atoms with Gasteiger partial charge in [-0.25, -0.2) is 19.3 Å². The molecule has 13 heteroatoms. The first-order valence-electron chi connectivity index (χ1n) is 10.8. The number of likely N-dealkylation sites (tertiary alicyclic amines) is 1. The molecule has 3 aromatic rings. The molecule has 3 amide bonds. The topological polar surface area (TPSA) is 147 Å². The number of urea groups is 1. The molecule has 1 fully saturated rings. The Hall–Kier alpha value is -3.95. The molecule has 2 N–H and O–H groups in total. The number of amides is 3. The minimum atomic E-state index is -0.586. The molecule has 0 radical (unpaired) electrons. The van der Waals surface area contributed by atoms with Gasteiger partial charge >= 0.3 is 6.03 Å². The summed E-state index contributed by atoms with van der Waals surface area (Å²) >= 11 is 6.10. The maximum absolute atomic E-state index is 12.8. The van der Waals surface area contributed by atoms with Crippen molar-refractivity contribution < 1.29 is 19.1 Å². The fourth-order valence-corrected chi connectivity index (χ4v) is 4.11. The molecule has 1 unspecified atom stereocenters. The molecule has 0 aliphatic carbocycles. The molecule has 12 nitrogen and oxygen atoms in total. The van der Waals surface area contributed by atoms with Crippen LogP contribution in [0.3, 0.4) is 0 Å². The maximum atomic E-state index is 12.8. The summed E-state index contributed by atoms with van der Waals surface area (Å²) in [5.41, 5.74) is 1.85. The minimum absolute atomic E-state index is 0.000478. The summed E-state index contributed by atoms with van der Waals surface area (Å²) in [6.07, 6.45) is 2.89. The van der Waals surface area contributed by atoms with E-state index in [1.165, 1.54) is 37.0 Å². The zero-order valence-corrected chi connectivity index (χ0v) is 20.0. The van der Waals surface area contributed by atoms with Crippen molar-refractivity contribution in [2.24, 2.45) is 0 Å². The predicted molar refractivity (Wildman–Crippen MR) is 126 cm³/mol. The summed E-state index contributed by atoms with van der Waals surface area (Å²) in [6.45, 7) is 4.47. The molecule has 0 saturated carbocycles. The highest BCUT2D eigenvalue weighted by Crippen LogP contribution is 2.30. The van der Waals surface area contributed by atoms with Gasteiger partial charge in [-0.1, -0.05) is 11.6 Å². The number of hydrogen-bond donors (Lipinski definition) is 2. The van der Waals surface area contributed by atoms with Crippen LogP contribution >= 0.6 is 11.6 Å². The van der Waals surface area contributed by atoms with E-state index in [1.807, 2.05) is 13.0 Å². The van der Waals surface area contributed by atoms with Gasteiger partial charge < -0.3 is 25.0 Å². The quantitative estimate of drug-likeness (QED) is 0.527. The average Bonchev–Trinajstić information content (AvgIpc) is 3.44. The van der Waals surface area contributed by atoms with E-state index in [0.717, 1.165) is 0 Å². The standard InChI is InChI=1S/C22H23ClN8O4/c1-12(35-16-4-5-30(11-16)13(2)32)20-17(10-25-19-7-18(23)29-31(19)20)28-22(33)27-15-6-14(8-24)21(34-3)26-9-15/h6-7,9-10,12,16H,4-5,11H2,1-3H3,(H2,27,28,33)/t12?,16-/m0/s1. The number of aromatic nitrogens is 4. The SMILES string of the molecule is COc1ncc(NC(=O)Nc2cnc3cc(Cl)nn3c2C(C)O[C@H]2CCN(C(C)=O)C2)cc1C#N. The molecule has 2 atom stereocenters. The van der Waals surface area contributed by atoms with Crippen LogP contribution in [0.2, 0.25) is 5.15 Å². The van der Waals surface area contributed by atoms with Gasteiger partial charge in [0.1, 0.15) is 11.6 Å². The second kappa shape index (κ2) is 10.1. The van der Waals surface area contributed by atoms with E-state index < -0.39 is 12.1 Å². The van der Waals surface area contributed by atoms with Crippen molar-refractivity contribution in [2.45, 2.75) is 32.5 Å². The van der Waals surface area contributed by atoms with E-state index in [-0.39, 0.29) is 28.6 Å². The Balaban J connectivity index is 1.57. The van der Waals surface area contributed by atoms with Crippen LogP contribution in [0.5, 0.6) is 5.88 Å². The molecule has 182 valence electrons. The van der Waals surface area contributed by atoms with Crippen molar-refractivity contribution in [3.05, 3.63) is 40.9 Å². The highest BCUT2D eigenvalue weighted by atomic mass is 35.5. The Morgan fingerprint density at radius 1 is 1.29 bits per heavy atom. The normalized spacial score (nSPS) is 16.1. The lowest BCUT2D eigenvalue weighted by Crippen LogP contribution is -2.28. The summed E-state index contributed by atoms with van der Waals surface area (Å²) in [5.74, 6) is 0.160. The van der Waals surface area contributed by atoms with Gasteiger partial charge in [-0.15, -0.1) is 0 Å². The van der Waals surface area contributed by atoms with Gasteiger partial charge in [0.25, 0.3) is 0 Å². The van der Waals surface area contributed by atoms with Crippen LogP contribution < -0.4 is 15.4 Å². The van der Waals surface area contributed by atoms with Gasteiger partial charge in [0, 0.05) is 26.1 Å². The number of pyridine rings is 1. The summed E-state index contributed by atoms with van der Waals surface area (Å²) in [4.78, 5) is 34.5. The number of halogens is 1. The molecule has 4 rings (SSSR count). The van der Waals surface area contributed by atoms with E-state index in [0.29, 0.717) is 42.2 Å².